The number of para-hydroxylation sites is 1. The molecule has 0 amide bonds. The number of carbonyl (C=O) groups is 1. The Labute approximate surface area is 146 Å². The first-order valence-electron chi connectivity index (χ1n) is 7.11. The molecule has 1 unspecified atom stereocenters. The predicted molar refractivity (Wildman–Crippen MR) is 86.3 cm³/mol. The van der Waals surface area contributed by atoms with Crippen molar-refractivity contribution in [3.05, 3.63) is 59.1 Å². The Bertz CT molecular complexity index is 926. The van der Waals surface area contributed by atoms with E-state index >= 15 is 0 Å². The average Bonchev–Trinajstić information content (AvgIpc) is 2.54. The SMILES string of the molecule is O=C1CC(C(F)(F)F)N(S(=O)(=O)c2ccc(Cl)cc2)c2ccccc21. The second-order valence-electron chi connectivity index (χ2n) is 5.46. The molecule has 0 aromatic heterocycles. The maximum absolute atomic E-state index is 13.5. The predicted octanol–water partition coefficient (Wildman–Crippen LogP) is 4.05. The maximum Gasteiger partial charge on any atom is 0.410 e. The van der Waals surface area contributed by atoms with Crippen molar-refractivity contribution in [1.82, 2.24) is 0 Å². The van der Waals surface area contributed by atoms with Crippen molar-refractivity contribution in [1.29, 1.82) is 0 Å². The first-order chi connectivity index (χ1) is 11.6. The van der Waals surface area contributed by atoms with Crippen LogP contribution in [0.25, 0.3) is 0 Å². The number of halogens is 4. The molecule has 0 spiro atoms. The number of benzene rings is 2. The van der Waals surface area contributed by atoms with Crippen LogP contribution in [0.5, 0.6) is 0 Å². The van der Waals surface area contributed by atoms with Gasteiger partial charge in [-0.2, -0.15) is 13.2 Å². The number of nitrogens with zero attached hydrogens (tertiary/aromatic N) is 1. The summed E-state index contributed by atoms with van der Waals surface area (Å²) in [6.45, 7) is 0. The third-order valence-electron chi connectivity index (χ3n) is 3.85. The van der Waals surface area contributed by atoms with Gasteiger partial charge in [0.25, 0.3) is 10.0 Å². The number of anilines is 1. The minimum absolute atomic E-state index is 0.0551. The third kappa shape index (κ3) is 3.11. The summed E-state index contributed by atoms with van der Waals surface area (Å²) in [5.74, 6) is -0.750. The van der Waals surface area contributed by atoms with Gasteiger partial charge in [-0.3, -0.25) is 9.10 Å². The maximum atomic E-state index is 13.5. The zero-order chi connectivity index (χ0) is 18.4. The Morgan fingerprint density at radius 1 is 1.04 bits per heavy atom. The van der Waals surface area contributed by atoms with Gasteiger partial charge in [-0.1, -0.05) is 23.7 Å². The van der Waals surface area contributed by atoms with Crippen molar-refractivity contribution in [2.45, 2.75) is 23.5 Å². The third-order valence-corrected chi connectivity index (χ3v) is 5.94. The van der Waals surface area contributed by atoms with E-state index in [1.807, 2.05) is 0 Å². The second-order valence-corrected chi connectivity index (χ2v) is 7.71. The first kappa shape index (κ1) is 17.8. The summed E-state index contributed by atoms with van der Waals surface area (Å²) < 4.78 is 66.5. The molecule has 2 aromatic rings. The Morgan fingerprint density at radius 2 is 1.64 bits per heavy atom. The lowest BCUT2D eigenvalue weighted by molar-refractivity contribution is -0.145. The van der Waals surface area contributed by atoms with E-state index < -0.39 is 34.4 Å². The van der Waals surface area contributed by atoms with E-state index in [1.165, 1.54) is 36.4 Å². The molecular weight excluding hydrogens is 379 g/mol. The van der Waals surface area contributed by atoms with Gasteiger partial charge in [-0.25, -0.2) is 8.42 Å². The van der Waals surface area contributed by atoms with E-state index in [1.54, 1.807) is 0 Å². The molecular formula is C16H11ClF3NO3S. The number of sulfonamides is 1. The normalized spacial score (nSPS) is 18.2. The molecule has 9 heteroatoms. The number of hydrogen-bond donors (Lipinski definition) is 0. The summed E-state index contributed by atoms with van der Waals surface area (Å²) in [5.41, 5.74) is -0.337. The Balaban J connectivity index is 2.23. The minimum Gasteiger partial charge on any atom is -0.294 e. The van der Waals surface area contributed by atoms with E-state index in [2.05, 4.69) is 0 Å². The van der Waals surface area contributed by atoms with Gasteiger partial charge in [-0.15, -0.1) is 0 Å². The minimum atomic E-state index is -4.90. The van der Waals surface area contributed by atoms with E-state index in [0.29, 0.717) is 0 Å². The quantitative estimate of drug-likeness (QED) is 0.778. The van der Waals surface area contributed by atoms with Crippen LogP contribution in [0.2, 0.25) is 5.02 Å². The van der Waals surface area contributed by atoms with Crippen LogP contribution in [0.4, 0.5) is 18.9 Å². The lowest BCUT2D eigenvalue weighted by atomic mass is 9.96. The van der Waals surface area contributed by atoms with Crippen molar-refractivity contribution in [3.8, 4) is 0 Å². The molecule has 0 fully saturated rings. The monoisotopic (exact) mass is 389 g/mol. The van der Waals surface area contributed by atoms with Crippen LogP contribution < -0.4 is 4.31 Å². The van der Waals surface area contributed by atoms with Gasteiger partial charge >= 0.3 is 6.18 Å². The first-order valence-corrected chi connectivity index (χ1v) is 8.93. The van der Waals surface area contributed by atoms with E-state index in [9.17, 15) is 26.4 Å². The van der Waals surface area contributed by atoms with Crippen molar-refractivity contribution >= 4 is 33.1 Å². The number of ketones is 1. The molecule has 4 nitrogen and oxygen atoms in total. The van der Waals surface area contributed by atoms with Crippen LogP contribution in [0, 0.1) is 0 Å². The molecule has 25 heavy (non-hydrogen) atoms. The molecule has 0 radical (unpaired) electrons. The van der Waals surface area contributed by atoms with Crippen LogP contribution in [0.15, 0.2) is 53.4 Å². The average molecular weight is 390 g/mol. The number of Topliss-reactive ketones (excluding diaryl/α,β-unsaturated/α-hetero) is 1. The van der Waals surface area contributed by atoms with Crippen molar-refractivity contribution < 1.29 is 26.4 Å². The summed E-state index contributed by atoms with van der Waals surface area (Å²) in [5, 5.41) is 0.251. The Morgan fingerprint density at radius 3 is 2.24 bits per heavy atom. The van der Waals surface area contributed by atoms with Crippen molar-refractivity contribution in [3.63, 3.8) is 0 Å². The lowest BCUT2D eigenvalue weighted by Gasteiger charge is -2.37. The van der Waals surface area contributed by atoms with Gasteiger partial charge in [-0.05, 0) is 36.4 Å². The van der Waals surface area contributed by atoms with Crippen LogP contribution in [-0.2, 0) is 10.0 Å². The van der Waals surface area contributed by atoms with Crippen molar-refractivity contribution in [2.24, 2.45) is 0 Å². The molecule has 132 valence electrons. The van der Waals surface area contributed by atoms with Gasteiger partial charge in [0.05, 0.1) is 10.6 Å². The zero-order valence-corrected chi connectivity index (χ0v) is 14.1. The van der Waals surface area contributed by atoms with Gasteiger partial charge in [0, 0.05) is 17.0 Å². The summed E-state index contributed by atoms with van der Waals surface area (Å²) in [4.78, 5) is 11.7. The molecule has 0 bridgehead atoms. The number of fused-ring (bicyclic) bond motifs is 1. The van der Waals surface area contributed by atoms with Gasteiger partial charge in [0.1, 0.15) is 6.04 Å². The number of alkyl halides is 3. The summed E-state index contributed by atoms with van der Waals surface area (Å²) in [6, 6.07) is 7.71. The highest BCUT2D eigenvalue weighted by molar-refractivity contribution is 7.92. The summed E-state index contributed by atoms with van der Waals surface area (Å²) in [6.07, 6.45) is -5.87. The van der Waals surface area contributed by atoms with Crippen LogP contribution in [0.3, 0.4) is 0 Å². The molecule has 2 aromatic carbocycles. The zero-order valence-electron chi connectivity index (χ0n) is 12.5. The highest BCUT2D eigenvalue weighted by Crippen LogP contribution is 2.41. The van der Waals surface area contributed by atoms with E-state index in [4.69, 9.17) is 11.6 Å². The molecule has 3 rings (SSSR count). The molecule has 1 heterocycles. The second kappa shape index (κ2) is 6.03. The van der Waals surface area contributed by atoms with Gasteiger partial charge < -0.3 is 0 Å². The van der Waals surface area contributed by atoms with E-state index in [-0.39, 0.29) is 25.5 Å². The number of rotatable bonds is 2. The molecule has 0 saturated heterocycles. The fraction of sp³-hybridized carbons (Fsp3) is 0.188. The van der Waals surface area contributed by atoms with Gasteiger partial charge in [0.2, 0.25) is 0 Å². The molecule has 1 atom stereocenters. The van der Waals surface area contributed by atoms with Crippen LogP contribution >= 0.6 is 11.6 Å². The summed E-state index contributed by atoms with van der Waals surface area (Å²) >= 11 is 5.72. The topological polar surface area (TPSA) is 54.5 Å². The number of carbonyl (C=O) groups excluding carboxylic acids is 1. The Hall–Kier alpha value is -2.06. The molecule has 0 N–H and O–H groups in total. The number of hydrogen-bond acceptors (Lipinski definition) is 3. The standard InChI is InChI=1S/C16H11ClF3NO3S/c17-10-5-7-11(8-6-10)25(23,24)21-13-4-2-1-3-12(13)14(22)9-15(21)16(18,19)20/h1-8,15H,9H2. The molecule has 0 aliphatic carbocycles. The fourth-order valence-corrected chi connectivity index (χ4v) is 4.48. The lowest BCUT2D eigenvalue weighted by Crippen LogP contribution is -2.52. The summed E-state index contributed by atoms with van der Waals surface area (Å²) in [7, 11) is -4.55. The smallest absolute Gasteiger partial charge is 0.294 e. The molecule has 1 aliphatic rings. The van der Waals surface area contributed by atoms with E-state index in [0.717, 1.165) is 12.1 Å². The molecule has 1 aliphatic heterocycles. The largest absolute Gasteiger partial charge is 0.410 e. The van der Waals surface area contributed by atoms with Crippen LogP contribution in [-0.4, -0.2) is 26.4 Å². The van der Waals surface area contributed by atoms with Crippen LogP contribution in [0.1, 0.15) is 16.8 Å². The fourth-order valence-electron chi connectivity index (χ4n) is 2.70. The van der Waals surface area contributed by atoms with Gasteiger partial charge in [0.15, 0.2) is 5.78 Å². The highest BCUT2D eigenvalue weighted by Gasteiger charge is 2.52. The highest BCUT2D eigenvalue weighted by atomic mass is 35.5. The molecule has 0 saturated carbocycles. The van der Waals surface area contributed by atoms with Crippen molar-refractivity contribution in [2.75, 3.05) is 4.31 Å². The Kier molecular flexibility index (Phi) is 4.28.